The Balaban J connectivity index is 2.22. The predicted octanol–water partition coefficient (Wildman–Crippen LogP) is 4.08. The van der Waals surface area contributed by atoms with Crippen molar-refractivity contribution in [1.29, 1.82) is 0 Å². The molecule has 2 N–H and O–H groups in total. The Bertz CT molecular complexity index is 614. The van der Waals surface area contributed by atoms with Gasteiger partial charge in [-0.15, -0.1) is 0 Å². The van der Waals surface area contributed by atoms with Gasteiger partial charge >= 0.3 is 0 Å². The molecule has 0 fully saturated rings. The fourth-order valence-corrected chi connectivity index (χ4v) is 2.36. The number of halogens is 1. The number of para-hydroxylation sites is 1. The van der Waals surface area contributed by atoms with Gasteiger partial charge in [0.05, 0.1) is 6.61 Å². The normalized spacial score (nSPS) is 10.5. The topological polar surface area (TPSA) is 44.5 Å². The Morgan fingerprint density at radius 3 is 2.57 bits per heavy atom. The maximum absolute atomic E-state index is 6.23. The first-order chi connectivity index (χ1) is 10.2. The molecule has 0 aliphatic rings. The zero-order valence-corrected chi connectivity index (χ0v) is 13.1. The minimum absolute atomic E-state index is 0.385. The van der Waals surface area contributed by atoms with Gasteiger partial charge in [-0.25, -0.2) is 0 Å². The maximum Gasteiger partial charge on any atom is 0.166 e. The van der Waals surface area contributed by atoms with Crippen LogP contribution in [0.4, 0.5) is 0 Å². The molecule has 2 aromatic carbocycles. The molecule has 0 aliphatic carbocycles. The Kier molecular flexibility index (Phi) is 5.48. The predicted molar refractivity (Wildman–Crippen MR) is 86.0 cm³/mol. The van der Waals surface area contributed by atoms with Crippen molar-refractivity contribution in [2.24, 2.45) is 5.73 Å². The first kappa shape index (κ1) is 15.7. The number of aryl methyl sites for hydroxylation is 1. The largest absolute Gasteiger partial charge is 0.490 e. The third-order valence-electron chi connectivity index (χ3n) is 3.16. The van der Waals surface area contributed by atoms with Gasteiger partial charge in [0.15, 0.2) is 11.5 Å². The van der Waals surface area contributed by atoms with Gasteiger partial charge in [0.2, 0.25) is 0 Å². The van der Waals surface area contributed by atoms with E-state index < -0.39 is 0 Å². The fourth-order valence-electron chi connectivity index (χ4n) is 2.07. The summed E-state index contributed by atoms with van der Waals surface area (Å²) in [6, 6.07) is 11.7. The molecule has 0 unspecified atom stereocenters. The van der Waals surface area contributed by atoms with Crippen LogP contribution in [0.25, 0.3) is 0 Å². The SMILES string of the molecule is CCOc1cccc(CN)c1OCc1ccc(C)cc1Cl. The summed E-state index contributed by atoms with van der Waals surface area (Å²) in [4.78, 5) is 0. The number of benzene rings is 2. The van der Waals surface area contributed by atoms with E-state index >= 15 is 0 Å². The highest BCUT2D eigenvalue weighted by Crippen LogP contribution is 2.32. The average Bonchev–Trinajstić information content (AvgIpc) is 2.47. The van der Waals surface area contributed by atoms with E-state index in [1.54, 1.807) is 0 Å². The van der Waals surface area contributed by atoms with E-state index in [0.717, 1.165) is 16.7 Å². The van der Waals surface area contributed by atoms with Crippen LogP contribution in [-0.4, -0.2) is 6.61 Å². The number of ether oxygens (including phenoxy) is 2. The molecule has 2 rings (SSSR count). The highest BCUT2D eigenvalue weighted by molar-refractivity contribution is 6.31. The molecule has 0 heterocycles. The van der Waals surface area contributed by atoms with E-state index in [2.05, 4.69) is 0 Å². The quantitative estimate of drug-likeness (QED) is 0.874. The molecule has 0 aliphatic heterocycles. The summed E-state index contributed by atoms with van der Waals surface area (Å²) in [6.45, 7) is 5.31. The smallest absolute Gasteiger partial charge is 0.166 e. The lowest BCUT2D eigenvalue weighted by Gasteiger charge is -2.15. The lowest BCUT2D eigenvalue weighted by molar-refractivity contribution is 0.267. The van der Waals surface area contributed by atoms with Gasteiger partial charge in [0, 0.05) is 22.7 Å². The van der Waals surface area contributed by atoms with Crippen molar-refractivity contribution < 1.29 is 9.47 Å². The lowest BCUT2D eigenvalue weighted by atomic mass is 10.1. The minimum Gasteiger partial charge on any atom is -0.490 e. The van der Waals surface area contributed by atoms with Crippen molar-refractivity contribution in [3.63, 3.8) is 0 Å². The van der Waals surface area contributed by atoms with E-state index in [0.29, 0.717) is 36.3 Å². The zero-order chi connectivity index (χ0) is 15.2. The summed E-state index contributed by atoms with van der Waals surface area (Å²) < 4.78 is 11.5. The molecule has 0 atom stereocenters. The van der Waals surface area contributed by atoms with Crippen molar-refractivity contribution in [2.45, 2.75) is 27.0 Å². The highest BCUT2D eigenvalue weighted by Gasteiger charge is 2.11. The van der Waals surface area contributed by atoms with E-state index in [4.69, 9.17) is 26.8 Å². The molecule has 0 saturated carbocycles. The molecule has 0 amide bonds. The second-order valence-corrected chi connectivity index (χ2v) is 5.17. The molecule has 0 radical (unpaired) electrons. The Morgan fingerprint density at radius 2 is 1.90 bits per heavy atom. The molecule has 4 heteroatoms. The zero-order valence-electron chi connectivity index (χ0n) is 12.4. The molecule has 0 saturated heterocycles. The Hall–Kier alpha value is -1.71. The van der Waals surface area contributed by atoms with Gasteiger partial charge in [0.1, 0.15) is 6.61 Å². The Morgan fingerprint density at radius 1 is 1.10 bits per heavy atom. The van der Waals surface area contributed by atoms with Gasteiger partial charge < -0.3 is 15.2 Å². The van der Waals surface area contributed by atoms with Crippen LogP contribution in [0.15, 0.2) is 36.4 Å². The van der Waals surface area contributed by atoms with Crippen LogP contribution < -0.4 is 15.2 Å². The van der Waals surface area contributed by atoms with Crippen molar-refractivity contribution in [1.82, 2.24) is 0 Å². The van der Waals surface area contributed by atoms with Gasteiger partial charge in [0.25, 0.3) is 0 Å². The second kappa shape index (κ2) is 7.34. The summed E-state index contributed by atoms with van der Waals surface area (Å²) in [5.74, 6) is 1.40. The fraction of sp³-hybridized carbons (Fsp3) is 0.294. The number of rotatable bonds is 6. The molecule has 112 valence electrons. The molecule has 21 heavy (non-hydrogen) atoms. The van der Waals surface area contributed by atoms with E-state index in [1.807, 2.05) is 50.2 Å². The third kappa shape index (κ3) is 3.90. The molecule has 2 aromatic rings. The van der Waals surface area contributed by atoms with E-state index in [1.165, 1.54) is 0 Å². The molecular weight excluding hydrogens is 286 g/mol. The van der Waals surface area contributed by atoms with Crippen LogP contribution in [0.1, 0.15) is 23.6 Å². The third-order valence-corrected chi connectivity index (χ3v) is 3.51. The van der Waals surface area contributed by atoms with Crippen LogP contribution in [0.3, 0.4) is 0 Å². The van der Waals surface area contributed by atoms with Crippen LogP contribution >= 0.6 is 11.6 Å². The van der Waals surface area contributed by atoms with Crippen molar-refractivity contribution in [2.75, 3.05) is 6.61 Å². The standard InChI is InChI=1S/C17H20ClNO2/c1-3-20-16-6-4-5-13(10-19)17(16)21-11-14-8-7-12(2)9-15(14)18/h4-9H,3,10-11,19H2,1-2H3. The summed E-state index contributed by atoms with van der Waals surface area (Å²) in [6.07, 6.45) is 0. The van der Waals surface area contributed by atoms with Crippen LogP contribution in [0, 0.1) is 6.92 Å². The number of nitrogens with two attached hydrogens (primary N) is 1. The second-order valence-electron chi connectivity index (χ2n) is 4.77. The van der Waals surface area contributed by atoms with Crippen molar-refractivity contribution in [3.05, 3.63) is 58.1 Å². The van der Waals surface area contributed by atoms with Gasteiger partial charge in [-0.2, -0.15) is 0 Å². The van der Waals surface area contributed by atoms with Crippen LogP contribution in [-0.2, 0) is 13.2 Å². The van der Waals surface area contributed by atoms with Crippen molar-refractivity contribution >= 4 is 11.6 Å². The summed E-state index contributed by atoms with van der Waals surface area (Å²) in [7, 11) is 0. The number of hydrogen-bond acceptors (Lipinski definition) is 3. The average molecular weight is 306 g/mol. The molecule has 0 aromatic heterocycles. The first-order valence-electron chi connectivity index (χ1n) is 6.98. The summed E-state index contributed by atoms with van der Waals surface area (Å²) >= 11 is 6.23. The highest BCUT2D eigenvalue weighted by atomic mass is 35.5. The summed E-state index contributed by atoms with van der Waals surface area (Å²) in [5.41, 5.74) is 8.76. The molecule has 0 spiro atoms. The van der Waals surface area contributed by atoms with E-state index in [9.17, 15) is 0 Å². The van der Waals surface area contributed by atoms with Crippen molar-refractivity contribution in [3.8, 4) is 11.5 Å². The van der Waals surface area contributed by atoms with Gasteiger partial charge in [-0.1, -0.05) is 35.9 Å². The van der Waals surface area contributed by atoms with E-state index in [-0.39, 0.29) is 0 Å². The lowest BCUT2D eigenvalue weighted by Crippen LogP contribution is -2.05. The summed E-state index contributed by atoms with van der Waals surface area (Å²) in [5, 5.41) is 0.707. The first-order valence-corrected chi connectivity index (χ1v) is 7.36. The van der Waals surface area contributed by atoms with Crippen LogP contribution in [0.5, 0.6) is 11.5 Å². The molecule has 0 bridgehead atoms. The molecular formula is C17H20ClNO2. The minimum atomic E-state index is 0.385. The van der Waals surface area contributed by atoms with Gasteiger partial charge in [-0.3, -0.25) is 0 Å². The van der Waals surface area contributed by atoms with Gasteiger partial charge in [-0.05, 0) is 31.5 Å². The number of hydrogen-bond donors (Lipinski definition) is 1. The van der Waals surface area contributed by atoms with Crippen LogP contribution in [0.2, 0.25) is 5.02 Å². The maximum atomic E-state index is 6.23. The Labute approximate surface area is 130 Å². The molecule has 3 nitrogen and oxygen atoms in total. The monoisotopic (exact) mass is 305 g/mol.